The minimum absolute atomic E-state index is 0.0501. The SMILES string of the molecule is N#Cc1ccc(Sc2ncc([N+](=O)[O-])c(N)n2)cc1C(F)(F)F. The van der Waals surface area contributed by atoms with Gasteiger partial charge in [-0.05, 0) is 30.0 Å². The number of hydrogen-bond donors (Lipinski definition) is 1. The van der Waals surface area contributed by atoms with Crippen LogP contribution in [0.5, 0.6) is 0 Å². The summed E-state index contributed by atoms with van der Waals surface area (Å²) in [7, 11) is 0. The van der Waals surface area contributed by atoms with Crippen molar-refractivity contribution in [2.45, 2.75) is 16.2 Å². The van der Waals surface area contributed by atoms with Gasteiger partial charge >= 0.3 is 11.9 Å². The van der Waals surface area contributed by atoms with Crippen molar-refractivity contribution < 1.29 is 18.1 Å². The standard InChI is InChI=1S/C12H6F3N5O2S/c13-12(14,15)8-3-7(2-1-6(8)4-16)23-11-18-5-9(20(21)22)10(17)19-11/h1-3,5H,(H2,17,18,19). The van der Waals surface area contributed by atoms with E-state index < -0.39 is 33.7 Å². The normalized spacial score (nSPS) is 11.0. The third-order valence-electron chi connectivity index (χ3n) is 2.60. The molecule has 0 saturated heterocycles. The molecule has 1 aromatic carbocycles. The quantitative estimate of drug-likeness (QED) is 0.518. The molecule has 0 fully saturated rings. The van der Waals surface area contributed by atoms with E-state index in [2.05, 4.69) is 9.97 Å². The van der Waals surface area contributed by atoms with E-state index >= 15 is 0 Å². The molecule has 0 saturated carbocycles. The van der Waals surface area contributed by atoms with Crippen LogP contribution < -0.4 is 5.73 Å². The Morgan fingerprint density at radius 2 is 2.09 bits per heavy atom. The van der Waals surface area contributed by atoms with Gasteiger partial charge in [0.1, 0.15) is 6.20 Å². The highest BCUT2D eigenvalue weighted by Crippen LogP contribution is 2.36. The predicted octanol–water partition coefficient (Wildman–Crippen LogP) is 3.01. The van der Waals surface area contributed by atoms with Crippen molar-refractivity contribution in [2.24, 2.45) is 0 Å². The first-order valence-corrected chi connectivity index (χ1v) is 6.60. The summed E-state index contributed by atoms with van der Waals surface area (Å²) in [5, 5.41) is 19.3. The second kappa shape index (κ2) is 6.09. The van der Waals surface area contributed by atoms with E-state index in [-0.39, 0.29) is 10.1 Å². The molecular weight excluding hydrogens is 335 g/mol. The number of anilines is 1. The smallest absolute Gasteiger partial charge is 0.378 e. The predicted molar refractivity (Wildman–Crippen MR) is 73.4 cm³/mol. The molecule has 0 bridgehead atoms. The Kier molecular flexibility index (Phi) is 4.37. The zero-order valence-corrected chi connectivity index (χ0v) is 11.9. The molecule has 2 rings (SSSR count). The molecule has 0 radical (unpaired) electrons. The van der Waals surface area contributed by atoms with Crippen LogP contribution in [0, 0.1) is 21.4 Å². The molecule has 0 aliphatic carbocycles. The van der Waals surface area contributed by atoms with Gasteiger partial charge in [0.2, 0.25) is 5.82 Å². The molecule has 0 unspecified atom stereocenters. The average molecular weight is 341 g/mol. The van der Waals surface area contributed by atoms with Gasteiger partial charge in [0.05, 0.1) is 22.1 Å². The average Bonchev–Trinajstić information content (AvgIpc) is 2.46. The molecule has 0 amide bonds. The van der Waals surface area contributed by atoms with Gasteiger partial charge in [-0.25, -0.2) is 4.98 Å². The van der Waals surface area contributed by atoms with Crippen molar-refractivity contribution in [3.63, 3.8) is 0 Å². The van der Waals surface area contributed by atoms with Gasteiger partial charge in [0.25, 0.3) is 0 Å². The topological polar surface area (TPSA) is 119 Å². The fraction of sp³-hybridized carbons (Fsp3) is 0.0833. The molecule has 11 heteroatoms. The van der Waals surface area contributed by atoms with Gasteiger partial charge in [-0.3, -0.25) is 10.1 Å². The van der Waals surface area contributed by atoms with E-state index in [9.17, 15) is 23.3 Å². The molecule has 0 aliphatic rings. The monoisotopic (exact) mass is 341 g/mol. The van der Waals surface area contributed by atoms with E-state index in [1.165, 1.54) is 12.1 Å². The number of alkyl halides is 3. The Bertz CT molecular complexity index is 819. The highest BCUT2D eigenvalue weighted by molar-refractivity contribution is 7.99. The number of halogens is 3. The summed E-state index contributed by atoms with van der Waals surface area (Å²) in [6, 6.07) is 4.57. The summed E-state index contributed by atoms with van der Waals surface area (Å²) in [5.41, 5.74) is 3.30. The third-order valence-corrected chi connectivity index (χ3v) is 3.47. The lowest BCUT2D eigenvalue weighted by Crippen LogP contribution is -2.08. The molecule has 7 nitrogen and oxygen atoms in total. The third kappa shape index (κ3) is 3.67. The maximum absolute atomic E-state index is 12.9. The minimum atomic E-state index is -4.68. The Hall–Kier alpha value is -2.87. The minimum Gasteiger partial charge on any atom is -0.378 e. The van der Waals surface area contributed by atoms with Crippen molar-refractivity contribution in [3.05, 3.63) is 45.6 Å². The number of nitriles is 1. The van der Waals surface area contributed by atoms with Crippen LogP contribution in [-0.4, -0.2) is 14.9 Å². The summed E-state index contributed by atoms with van der Waals surface area (Å²) in [6.45, 7) is 0. The second-order valence-electron chi connectivity index (χ2n) is 4.10. The van der Waals surface area contributed by atoms with E-state index in [1.807, 2.05) is 0 Å². The summed E-state index contributed by atoms with van der Waals surface area (Å²) < 4.78 is 38.6. The van der Waals surface area contributed by atoms with Gasteiger partial charge in [-0.2, -0.15) is 23.4 Å². The van der Waals surface area contributed by atoms with E-state index in [1.54, 1.807) is 0 Å². The molecule has 118 valence electrons. The van der Waals surface area contributed by atoms with Crippen LogP contribution in [0.4, 0.5) is 24.7 Å². The van der Waals surface area contributed by atoms with Crippen molar-refractivity contribution in [1.82, 2.24) is 9.97 Å². The molecule has 2 aromatic rings. The van der Waals surface area contributed by atoms with Crippen LogP contribution in [-0.2, 0) is 6.18 Å². The van der Waals surface area contributed by atoms with Crippen molar-refractivity contribution in [3.8, 4) is 6.07 Å². The van der Waals surface area contributed by atoms with Crippen LogP contribution in [0.3, 0.4) is 0 Å². The largest absolute Gasteiger partial charge is 0.417 e. The molecule has 0 aliphatic heterocycles. The first-order valence-electron chi connectivity index (χ1n) is 5.78. The molecular formula is C12H6F3N5O2S. The summed E-state index contributed by atoms with van der Waals surface area (Å²) in [4.78, 5) is 17.3. The molecule has 1 heterocycles. The van der Waals surface area contributed by atoms with Crippen LogP contribution in [0.2, 0.25) is 0 Å². The second-order valence-corrected chi connectivity index (χ2v) is 5.14. The maximum atomic E-state index is 12.9. The maximum Gasteiger partial charge on any atom is 0.417 e. The summed E-state index contributed by atoms with van der Waals surface area (Å²) in [5.74, 6) is -0.391. The Morgan fingerprint density at radius 3 is 2.61 bits per heavy atom. The van der Waals surface area contributed by atoms with E-state index in [0.29, 0.717) is 0 Å². The van der Waals surface area contributed by atoms with Gasteiger partial charge in [0.15, 0.2) is 5.16 Å². The van der Waals surface area contributed by atoms with Crippen LogP contribution in [0.25, 0.3) is 0 Å². The number of rotatable bonds is 3. The summed E-state index contributed by atoms with van der Waals surface area (Å²) in [6.07, 6.45) is -3.81. The van der Waals surface area contributed by atoms with Crippen LogP contribution in [0.1, 0.15) is 11.1 Å². The fourth-order valence-electron chi connectivity index (χ4n) is 1.59. The number of hydrogen-bond acceptors (Lipinski definition) is 7. The zero-order valence-electron chi connectivity index (χ0n) is 11.0. The van der Waals surface area contributed by atoms with Crippen molar-refractivity contribution >= 4 is 23.3 Å². The number of nitrogens with two attached hydrogens (primary N) is 1. The van der Waals surface area contributed by atoms with Crippen molar-refractivity contribution in [1.29, 1.82) is 5.26 Å². The summed E-state index contributed by atoms with van der Waals surface area (Å²) >= 11 is 0.737. The van der Waals surface area contributed by atoms with Crippen LogP contribution >= 0.6 is 11.8 Å². The lowest BCUT2D eigenvalue weighted by Gasteiger charge is -2.10. The number of nitrogens with zero attached hydrogens (tertiary/aromatic N) is 4. The molecule has 23 heavy (non-hydrogen) atoms. The molecule has 0 atom stereocenters. The highest BCUT2D eigenvalue weighted by Gasteiger charge is 2.34. The fourth-order valence-corrected chi connectivity index (χ4v) is 2.36. The van der Waals surface area contributed by atoms with E-state index in [4.69, 9.17) is 11.0 Å². The molecule has 2 N–H and O–H groups in total. The molecule has 1 aromatic heterocycles. The Labute approximate surface area is 131 Å². The lowest BCUT2D eigenvalue weighted by molar-refractivity contribution is -0.384. The first kappa shape index (κ1) is 16.5. The number of aromatic nitrogens is 2. The first-order chi connectivity index (χ1) is 10.7. The lowest BCUT2D eigenvalue weighted by atomic mass is 10.1. The van der Waals surface area contributed by atoms with Crippen molar-refractivity contribution in [2.75, 3.05) is 5.73 Å². The molecule has 0 spiro atoms. The van der Waals surface area contributed by atoms with Gasteiger partial charge in [-0.1, -0.05) is 0 Å². The van der Waals surface area contributed by atoms with E-state index in [0.717, 1.165) is 30.1 Å². The number of nitro groups is 1. The van der Waals surface area contributed by atoms with Gasteiger partial charge < -0.3 is 5.73 Å². The van der Waals surface area contributed by atoms with Crippen LogP contribution in [0.15, 0.2) is 34.4 Å². The number of nitrogen functional groups attached to an aromatic ring is 1. The van der Waals surface area contributed by atoms with Gasteiger partial charge in [0, 0.05) is 4.90 Å². The highest BCUT2D eigenvalue weighted by atomic mass is 32.2. The Morgan fingerprint density at radius 1 is 1.39 bits per heavy atom. The number of benzene rings is 1. The zero-order chi connectivity index (χ0) is 17.2. The Balaban J connectivity index is 2.36. The van der Waals surface area contributed by atoms with Gasteiger partial charge in [-0.15, -0.1) is 0 Å².